The van der Waals surface area contributed by atoms with Gasteiger partial charge in [0.1, 0.15) is 0 Å². The van der Waals surface area contributed by atoms with Crippen LogP contribution in [0.5, 0.6) is 0 Å². The van der Waals surface area contributed by atoms with Crippen LogP contribution in [0.3, 0.4) is 0 Å². The van der Waals surface area contributed by atoms with Crippen LogP contribution < -0.4 is 11.2 Å². The van der Waals surface area contributed by atoms with Crippen molar-refractivity contribution in [3.8, 4) is 11.3 Å². The molecule has 1 saturated carbocycles. The van der Waals surface area contributed by atoms with Crippen LogP contribution in [0, 0.1) is 0 Å². The molecule has 4 aromatic heterocycles. The van der Waals surface area contributed by atoms with Gasteiger partial charge in [-0.25, -0.2) is 14.3 Å². The van der Waals surface area contributed by atoms with E-state index in [0.29, 0.717) is 17.2 Å². The van der Waals surface area contributed by atoms with Gasteiger partial charge in [0, 0.05) is 35.7 Å². The van der Waals surface area contributed by atoms with Crippen molar-refractivity contribution in [3.63, 3.8) is 0 Å². The molecule has 0 spiro atoms. The second kappa shape index (κ2) is 6.21. The lowest BCUT2D eigenvalue weighted by atomic mass is 10.0. The number of aromatic amines is 2. The molecule has 4 heterocycles. The Morgan fingerprint density at radius 1 is 1.07 bits per heavy atom. The number of rotatable bonds is 3. The molecule has 1 aliphatic carbocycles. The zero-order valence-electron chi connectivity index (χ0n) is 15.7. The van der Waals surface area contributed by atoms with Crippen LogP contribution in [0.15, 0.2) is 70.8 Å². The molecule has 8 nitrogen and oxygen atoms in total. The van der Waals surface area contributed by atoms with E-state index in [4.69, 9.17) is 0 Å². The van der Waals surface area contributed by atoms with Gasteiger partial charge in [0.25, 0.3) is 5.56 Å². The predicted octanol–water partition coefficient (Wildman–Crippen LogP) is 2.59. The Balaban J connectivity index is 1.44. The maximum absolute atomic E-state index is 12.3. The molecule has 146 valence electrons. The number of benzene rings is 1. The van der Waals surface area contributed by atoms with Gasteiger partial charge in [0.05, 0.1) is 16.8 Å². The van der Waals surface area contributed by atoms with E-state index in [2.05, 4.69) is 37.2 Å². The summed E-state index contributed by atoms with van der Waals surface area (Å²) in [5, 5.41) is 5.63. The maximum Gasteiger partial charge on any atom is 0.325 e. The summed E-state index contributed by atoms with van der Waals surface area (Å²) in [5.74, 6) is 0.605. The first-order chi connectivity index (χ1) is 14.7. The van der Waals surface area contributed by atoms with Crippen molar-refractivity contribution >= 4 is 16.6 Å². The minimum atomic E-state index is -0.543. The third kappa shape index (κ3) is 2.65. The number of nitrogens with one attached hydrogen (secondary N) is 2. The summed E-state index contributed by atoms with van der Waals surface area (Å²) in [6.45, 7) is 0. The molecule has 30 heavy (non-hydrogen) atoms. The largest absolute Gasteiger partial charge is 0.325 e. The fraction of sp³-hybridized carbons (Fsp3) is 0.136. The van der Waals surface area contributed by atoms with Crippen molar-refractivity contribution in [2.75, 3.05) is 0 Å². The normalized spacial score (nSPS) is 18.1. The molecule has 0 bridgehead atoms. The molecule has 1 aliphatic rings. The van der Waals surface area contributed by atoms with E-state index in [1.165, 1.54) is 11.8 Å². The highest BCUT2D eigenvalue weighted by molar-refractivity contribution is 5.79. The van der Waals surface area contributed by atoms with Gasteiger partial charge in [0.2, 0.25) is 0 Å². The smallest absolute Gasteiger partial charge is 0.313 e. The Morgan fingerprint density at radius 2 is 1.97 bits per heavy atom. The Kier molecular flexibility index (Phi) is 3.49. The predicted molar refractivity (Wildman–Crippen MR) is 112 cm³/mol. The Morgan fingerprint density at radius 3 is 2.87 bits per heavy atom. The molecule has 1 fully saturated rings. The Bertz CT molecular complexity index is 1550. The summed E-state index contributed by atoms with van der Waals surface area (Å²) in [6, 6.07) is 12.2. The highest BCUT2D eigenvalue weighted by atomic mass is 16.2. The summed E-state index contributed by atoms with van der Waals surface area (Å²) in [6.07, 6.45) is 7.78. The Labute approximate surface area is 169 Å². The lowest BCUT2D eigenvalue weighted by molar-refractivity contribution is 0.905. The number of aromatic nitrogens is 6. The molecule has 0 saturated heterocycles. The quantitative estimate of drug-likeness (QED) is 0.487. The lowest BCUT2D eigenvalue weighted by Crippen LogP contribution is -2.23. The van der Waals surface area contributed by atoms with Crippen LogP contribution in [0.25, 0.3) is 27.8 Å². The van der Waals surface area contributed by atoms with Gasteiger partial charge < -0.3 is 4.98 Å². The number of H-pyrrole nitrogens is 2. The number of imidazole rings is 1. The number of para-hydroxylation sites is 1. The first-order valence-electron chi connectivity index (χ1n) is 9.69. The second-order valence-corrected chi connectivity index (χ2v) is 7.58. The minimum Gasteiger partial charge on any atom is -0.313 e. The lowest BCUT2D eigenvalue weighted by Gasteiger charge is -2.08. The van der Waals surface area contributed by atoms with Crippen LogP contribution in [0.2, 0.25) is 0 Å². The van der Waals surface area contributed by atoms with Crippen molar-refractivity contribution in [2.24, 2.45) is 0 Å². The fourth-order valence-corrected chi connectivity index (χ4v) is 4.14. The van der Waals surface area contributed by atoms with Gasteiger partial charge >= 0.3 is 5.69 Å². The number of nitrogens with zero attached hydrogens (tertiary/aromatic N) is 4. The van der Waals surface area contributed by atoms with E-state index in [1.807, 2.05) is 30.5 Å². The second-order valence-electron chi connectivity index (χ2n) is 7.58. The third-order valence-electron chi connectivity index (χ3n) is 5.71. The van der Waals surface area contributed by atoms with Gasteiger partial charge in [-0.15, -0.1) is 0 Å². The molecule has 0 amide bonds. The van der Waals surface area contributed by atoms with Crippen molar-refractivity contribution in [2.45, 2.75) is 18.3 Å². The highest BCUT2D eigenvalue weighted by Crippen LogP contribution is 2.55. The minimum absolute atomic E-state index is 0.265. The van der Waals surface area contributed by atoms with E-state index >= 15 is 0 Å². The first-order valence-corrected chi connectivity index (χ1v) is 9.69. The number of fused-ring (bicyclic) bond motifs is 2. The molecule has 0 aliphatic heterocycles. The third-order valence-corrected chi connectivity index (χ3v) is 5.71. The van der Waals surface area contributed by atoms with Gasteiger partial charge in [0.15, 0.2) is 5.65 Å². The van der Waals surface area contributed by atoms with E-state index in [1.54, 1.807) is 16.9 Å². The van der Waals surface area contributed by atoms with Crippen molar-refractivity contribution < 1.29 is 0 Å². The summed E-state index contributed by atoms with van der Waals surface area (Å²) in [5.41, 5.74) is 3.80. The van der Waals surface area contributed by atoms with E-state index < -0.39 is 11.2 Å². The fourth-order valence-electron chi connectivity index (χ4n) is 4.14. The summed E-state index contributed by atoms with van der Waals surface area (Å²) < 4.78 is 1.68. The zero-order chi connectivity index (χ0) is 20.2. The SMILES string of the molecule is O=c1[nH]cc(-c2cc(C3C[C@@H]3c3cnc4ccccc4c3)c3nccn3n2)c(=O)[nH]1. The molecule has 5 aromatic rings. The average Bonchev–Trinajstić information content (AvgIpc) is 3.41. The number of hydrogen-bond acceptors (Lipinski definition) is 5. The van der Waals surface area contributed by atoms with Crippen LogP contribution >= 0.6 is 0 Å². The summed E-state index contributed by atoms with van der Waals surface area (Å²) >= 11 is 0. The molecule has 2 atom stereocenters. The van der Waals surface area contributed by atoms with Gasteiger partial charge in [-0.3, -0.25) is 14.8 Å². The molecular weight excluding hydrogens is 380 g/mol. The molecule has 0 radical (unpaired) electrons. The van der Waals surface area contributed by atoms with Crippen molar-refractivity contribution in [1.29, 1.82) is 0 Å². The van der Waals surface area contributed by atoms with E-state index in [-0.39, 0.29) is 5.92 Å². The van der Waals surface area contributed by atoms with Crippen LogP contribution in [0.4, 0.5) is 0 Å². The number of hydrogen-bond donors (Lipinski definition) is 2. The van der Waals surface area contributed by atoms with Crippen LogP contribution in [-0.4, -0.2) is 29.5 Å². The van der Waals surface area contributed by atoms with E-state index in [0.717, 1.165) is 28.5 Å². The van der Waals surface area contributed by atoms with Crippen molar-refractivity contribution in [1.82, 2.24) is 29.5 Å². The van der Waals surface area contributed by atoms with E-state index in [9.17, 15) is 9.59 Å². The van der Waals surface area contributed by atoms with Gasteiger partial charge in [-0.1, -0.05) is 18.2 Å². The monoisotopic (exact) mass is 396 g/mol. The molecular formula is C22H16N6O2. The van der Waals surface area contributed by atoms with Crippen LogP contribution in [0.1, 0.15) is 29.4 Å². The summed E-state index contributed by atoms with van der Waals surface area (Å²) in [4.78, 5) is 37.5. The number of pyridine rings is 1. The van der Waals surface area contributed by atoms with Gasteiger partial charge in [-0.05, 0) is 42.0 Å². The van der Waals surface area contributed by atoms with Crippen LogP contribution in [-0.2, 0) is 0 Å². The molecule has 1 aromatic carbocycles. The topological polar surface area (TPSA) is 109 Å². The molecule has 6 rings (SSSR count). The molecule has 1 unspecified atom stereocenters. The molecule has 2 N–H and O–H groups in total. The standard InChI is InChI=1S/C22H16N6O2/c29-21-17(11-25-22(30)26-21)19-9-16(20-23-5-6-28(20)27-19)15-8-14(15)13-7-12-3-1-2-4-18(12)24-10-13/h1-7,9-11,14-15H,8H2,(H2,25,26,29,30)/t14-,15?/m1/s1. The molecule has 8 heteroatoms. The zero-order valence-corrected chi connectivity index (χ0v) is 15.7. The Hall–Kier alpha value is -4.07. The summed E-state index contributed by atoms with van der Waals surface area (Å²) in [7, 11) is 0. The van der Waals surface area contributed by atoms with Crippen molar-refractivity contribution in [3.05, 3.63) is 93.2 Å². The maximum atomic E-state index is 12.3. The first kappa shape index (κ1) is 16.8. The average molecular weight is 396 g/mol. The van der Waals surface area contributed by atoms with Gasteiger partial charge in [-0.2, -0.15) is 5.10 Å². The highest BCUT2D eigenvalue weighted by Gasteiger charge is 2.41.